The summed E-state index contributed by atoms with van der Waals surface area (Å²) in [5.74, 6) is -1.52. The molecule has 10 aromatic carbocycles. The molecule has 0 saturated heterocycles. The number of ether oxygens (including phenoxy) is 9. The summed E-state index contributed by atoms with van der Waals surface area (Å²) >= 11 is 0. The van der Waals surface area contributed by atoms with E-state index in [4.69, 9.17) is 42.6 Å². The van der Waals surface area contributed by atoms with Gasteiger partial charge in [-0.15, -0.1) is 0 Å². The summed E-state index contributed by atoms with van der Waals surface area (Å²) in [6.45, 7) is 8.62. The Morgan fingerprint density at radius 3 is 0.676 bits per heavy atom. The second-order valence-electron chi connectivity index (χ2n) is 24.6. The van der Waals surface area contributed by atoms with Crippen LogP contribution in [0.3, 0.4) is 0 Å². The van der Waals surface area contributed by atoms with Crippen molar-refractivity contribution in [1.82, 2.24) is 0 Å². The molecule has 10 rings (SSSR count). The van der Waals surface area contributed by atoms with Crippen molar-refractivity contribution in [1.29, 1.82) is 0 Å². The zero-order valence-electron chi connectivity index (χ0n) is 57.9. The maximum atomic E-state index is 14.2. The molecule has 0 saturated carbocycles. The molecule has 15 heteroatoms. The van der Waals surface area contributed by atoms with Crippen molar-refractivity contribution < 1.29 is 71.4 Å². The van der Waals surface area contributed by atoms with Crippen molar-refractivity contribution in [3.05, 3.63) is 270 Å². The van der Waals surface area contributed by atoms with Gasteiger partial charge in [-0.05, 0) is 216 Å². The first-order chi connectivity index (χ1) is 49.9. The molecule has 0 fully saturated rings. The molecular weight excluding hydrogens is 1280 g/mol. The predicted molar refractivity (Wildman–Crippen MR) is 394 cm³/mol. The van der Waals surface area contributed by atoms with Crippen LogP contribution in [0.2, 0.25) is 0 Å². The molecule has 0 radical (unpaired) electrons. The summed E-state index contributed by atoms with van der Waals surface area (Å²) in [4.78, 5) is 82.2. The molecule has 102 heavy (non-hydrogen) atoms. The number of rotatable bonds is 36. The van der Waals surface area contributed by atoms with Crippen molar-refractivity contribution in [2.45, 2.75) is 117 Å². The Bertz CT molecular complexity index is 4340. The van der Waals surface area contributed by atoms with E-state index >= 15 is 0 Å². The normalized spacial score (nSPS) is 10.9. The number of benzene rings is 10. The van der Waals surface area contributed by atoms with Crippen molar-refractivity contribution in [3.8, 4) is 85.1 Å². The van der Waals surface area contributed by atoms with Crippen molar-refractivity contribution in [2.24, 2.45) is 0 Å². The summed E-state index contributed by atoms with van der Waals surface area (Å²) in [6.07, 6.45) is 17.5. The fourth-order valence-corrected chi connectivity index (χ4v) is 11.0. The first-order valence-electron chi connectivity index (χ1n) is 35.2. The van der Waals surface area contributed by atoms with Gasteiger partial charge in [0.25, 0.3) is 0 Å². The number of unbranched alkanes of at least 4 members (excludes halogenated alkanes) is 12. The predicted octanol–water partition coefficient (Wildman–Crippen LogP) is 21.1. The van der Waals surface area contributed by atoms with Gasteiger partial charge < -0.3 is 42.6 Å². The van der Waals surface area contributed by atoms with Gasteiger partial charge in [0.2, 0.25) is 0 Å². The van der Waals surface area contributed by atoms with E-state index in [-0.39, 0.29) is 50.6 Å². The van der Waals surface area contributed by atoms with E-state index in [1.54, 1.807) is 36.4 Å². The van der Waals surface area contributed by atoms with Crippen LogP contribution in [0.5, 0.6) is 51.7 Å². The van der Waals surface area contributed by atoms with Crippen molar-refractivity contribution in [2.75, 3.05) is 19.8 Å². The first kappa shape index (κ1) is 73.1. The van der Waals surface area contributed by atoms with Crippen LogP contribution in [0, 0.1) is 0 Å². The monoisotopic (exact) mass is 1370 g/mol. The third-order valence-corrected chi connectivity index (χ3v) is 16.9. The Kier molecular flexibility index (Phi) is 27.3. The second kappa shape index (κ2) is 38.1. The van der Waals surface area contributed by atoms with Crippen LogP contribution in [0.4, 0.5) is 0 Å². The standard InChI is InChI=1S/C87H84O15/c1-4-7-10-13-16-57-94-71-38-19-61(20-39-71)64-25-44-74(45-26-64)97-82(88)67-31-50-77(51-32-67)100-85(91)70-37-56-80(86(92)101-78-52-33-68(34-53-78)83(89)98-75-46-27-65(28-47-75)62-21-40-72(41-22-62)95-58-17-14-11-8-5-2)81(60-70)87(93)102-79-54-35-69(36-55-79)84(90)99-76-48-29-66(30-49-76)63-23-42-73(43-24-63)96-59-18-15-12-9-6-3/h19-56,60H,4-18,57-59H2,1-3H3. The van der Waals surface area contributed by atoms with E-state index in [0.29, 0.717) is 37.1 Å². The molecule has 0 spiro atoms. The molecule has 0 aliphatic carbocycles. The zero-order valence-corrected chi connectivity index (χ0v) is 57.9. The molecule has 0 unspecified atom stereocenters. The molecule has 0 bridgehead atoms. The Hall–Kier alpha value is -11.6. The average Bonchev–Trinajstić information content (AvgIpc) is 0.805. The highest BCUT2D eigenvalue weighted by Crippen LogP contribution is 2.31. The maximum absolute atomic E-state index is 14.2. The Labute approximate surface area is 596 Å². The van der Waals surface area contributed by atoms with E-state index < -0.39 is 35.8 Å². The van der Waals surface area contributed by atoms with Gasteiger partial charge >= 0.3 is 35.8 Å². The summed E-state index contributed by atoms with van der Waals surface area (Å²) in [5, 5.41) is 0. The minimum atomic E-state index is -1.07. The molecule has 0 atom stereocenters. The smallest absolute Gasteiger partial charge is 0.344 e. The highest BCUT2D eigenvalue weighted by molar-refractivity contribution is 6.06. The van der Waals surface area contributed by atoms with E-state index in [9.17, 15) is 28.8 Å². The van der Waals surface area contributed by atoms with Gasteiger partial charge in [0.15, 0.2) is 0 Å². The van der Waals surface area contributed by atoms with Gasteiger partial charge in [0, 0.05) is 0 Å². The zero-order chi connectivity index (χ0) is 71.3. The van der Waals surface area contributed by atoms with E-state index in [0.717, 1.165) is 95.2 Å². The lowest BCUT2D eigenvalue weighted by molar-refractivity contribution is 0.0689. The number of carbonyl (C=O) groups excluding carboxylic acids is 6. The fourth-order valence-electron chi connectivity index (χ4n) is 11.0. The minimum absolute atomic E-state index is 0.0137. The molecule has 10 aromatic rings. The maximum Gasteiger partial charge on any atom is 0.344 e. The lowest BCUT2D eigenvalue weighted by Gasteiger charge is -2.12. The third-order valence-electron chi connectivity index (χ3n) is 16.9. The quantitative estimate of drug-likeness (QED) is 0.0205. The van der Waals surface area contributed by atoms with Crippen LogP contribution in [0.15, 0.2) is 237 Å². The topological polar surface area (TPSA) is 185 Å². The third kappa shape index (κ3) is 22.0. The molecule has 0 aromatic heterocycles. The summed E-state index contributed by atoms with van der Waals surface area (Å²) < 4.78 is 52.0. The van der Waals surface area contributed by atoms with Gasteiger partial charge in [-0.1, -0.05) is 171 Å². The van der Waals surface area contributed by atoms with Gasteiger partial charge in [-0.25, -0.2) is 28.8 Å². The summed E-state index contributed by atoms with van der Waals surface area (Å²) in [6, 6.07) is 65.4. The number of hydrogen-bond acceptors (Lipinski definition) is 15. The largest absolute Gasteiger partial charge is 0.494 e. The van der Waals surface area contributed by atoms with Crippen LogP contribution < -0.4 is 42.6 Å². The van der Waals surface area contributed by atoms with Crippen LogP contribution in [0.1, 0.15) is 179 Å². The molecule has 0 N–H and O–H groups in total. The lowest BCUT2D eigenvalue weighted by Crippen LogP contribution is -2.19. The van der Waals surface area contributed by atoms with Gasteiger partial charge in [0.1, 0.15) is 51.7 Å². The highest BCUT2D eigenvalue weighted by atomic mass is 16.6. The highest BCUT2D eigenvalue weighted by Gasteiger charge is 2.25. The second-order valence-corrected chi connectivity index (χ2v) is 24.6. The van der Waals surface area contributed by atoms with Crippen LogP contribution >= 0.6 is 0 Å². The van der Waals surface area contributed by atoms with E-state index in [1.807, 2.05) is 109 Å². The van der Waals surface area contributed by atoms with Crippen LogP contribution in [-0.4, -0.2) is 55.6 Å². The Morgan fingerprint density at radius 2 is 0.412 bits per heavy atom. The average molecular weight is 1370 g/mol. The van der Waals surface area contributed by atoms with E-state index in [1.165, 1.54) is 143 Å². The van der Waals surface area contributed by atoms with Gasteiger partial charge in [-0.3, -0.25) is 0 Å². The number of hydrogen-bond donors (Lipinski definition) is 0. The number of carbonyl (C=O) groups is 6. The van der Waals surface area contributed by atoms with Crippen molar-refractivity contribution in [3.63, 3.8) is 0 Å². The summed E-state index contributed by atoms with van der Waals surface area (Å²) in [7, 11) is 0. The van der Waals surface area contributed by atoms with E-state index in [2.05, 4.69) is 20.8 Å². The van der Waals surface area contributed by atoms with Crippen LogP contribution in [-0.2, 0) is 0 Å². The number of esters is 6. The molecule has 0 heterocycles. The molecule has 0 aliphatic rings. The van der Waals surface area contributed by atoms with Crippen LogP contribution in [0.25, 0.3) is 33.4 Å². The first-order valence-corrected chi connectivity index (χ1v) is 35.2. The molecule has 0 amide bonds. The minimum Gasteiger partial charge on any atom is -0.494 e. The summed E-state index contributed by atoms with van der Waals surface area (Å²) in [5.41, 5.74) is 5.36. The molecule has 0 aliphatic heterocycles. The Balaban J connectivity index is 0.768. The van der Waals surface area contributed by atoms with Gasteiger partial charge in [-0.2, -0.15) is 0 Å². The lowest BCUT2D eigenvalue weighted by atomic mass is 10.0. The fraction of sp³-hybridized carbons (Fsp3) is 0.241. The molecule has 15 nitrogen and oxygen atoms in total. The van der Waals surface area contributed by atoms with Crippen molar-refractivity contribution >= 4 is 35.8 Å². The molecular formula is C87H84O15. The molecule has 522 valence electrons. The SMILES string of the molecule is CCCCCCCOc1ccc(-c2ccc(OC(=O)c3ccc(OC(=O)c4ccc(C(=O)Oc5ccc(C(=O)Oc6ccc(-c7ccc(OCCCCCCC)cc7)cc6)cc5)c(C(=O)Oc5ccc(C(=O)Oc6ccc(-c7ccc(OCCCCCCC)cc7)cc6)cc5)c4)cc3)cc2)cc1. The Morgan fingerprint density at radius 1 is 0.206 bits per heavy atom. The van der Waals surface area contributed by atoms with Gasteiger partial charge in [0.05, 0.1) is 53.2 Å².